The number of imide groups is 1. The molecule has 2 aromatic carbocycles. The number of benzene rings is 2. The van der Waals surface area contributed by atoms with Crippen molar-refractivity contribution in [1.29, 1.82) is 0 Å². The lowest BCUT2D eigenvalue weighted by atomic mass is 10.1. The molecule has 1 aliphatic heterocycles. The van der Waals surface area contributed by atoms with E-state index >= 15 is 0 Å². The first-order chi connectivity index (χ1) is 11.1. The quantitative estimate of drug-likeness (QED) is 0.872. The second-order valence-corrected chi connectivity index (χ2v) is 5.90. The average molecular weight is 329 g/mol. The van der Waals surface area contributed by atoms with Crippen molar-refractivity contribution in [3.05, 3.63) is 59.1 Å². The molecular formula is C18H17ClN2O2. The van der Waals surface area contributed by atoms with Gasteiger partial charge in [0, 0.05) is 10.7 Å². The van der Waals surface area contributed by atoms with Gasteiger partial charge in [0.2, 0.25) is 5.91 Å². The Hall–Kier alpha value is -2.33. The minimum atomic E-state index is -0.564. The molecule has 0 aromatic heterocycles. The lowest BCUT2D eigenvalue weighted by Crippen LogP contribution is -2.35. The van der Waals surface area contributed by atoms with Crippen LogP contribution in [0.3, 0.4) is 0 Å². The molecule has 4 nitrogen and oxygen atoms in total. The Labute approximate surface area is 140 Å². The molecule has 118 valence electrons. The maximum Gasteiger partial charge on any atom is 0.256 e. The molecule has 0 unspecified atom stereocenters. The summed E-state index contributed by atoms with van der Waals surface area (Å²) in [5, 5.41) is 3.69. The lowest BCUT2D eigenvalue weighted by molar-refractivity contribution is -0.121. The van der Waals surface area contributed by atoms with Gasteiger partial charge in [-0.3, -0.25) is 9.59 Å². The Morgan fingerprint density at radius 3 is 2.70 bits per heavy atom. The highest BCUT2D eigenvalue weighted by Gasteiger charge is 2.40. The van der Waals surface area contributed by atoms with Crippen LogP contribution in [0.25, 0.3) is 0 Å². The van der Waals surface area contributed by atoms with E-state index in [1.807, 2.05) is 37.3 Å². The number of aryl methyl sites for hydroxylation is 1. The number of carbonyl (C=O) groups is 2. The smallest absolute Gasteiger partial charge is 0.256 e. The fourth-order valence-electron chi connectivity index (χ4n) is 2.81. The monoisotopic (exact) mass is 328 g/mol. The number of nitrogens with zero attached hydrogens (tertiary/aromatic N) is 1. The van der Waals surface area contributed by atoms with Gasteiger partial charge in [-0.25, -0.2) is 4.90 Å². The van der Waals surface area contributed by atoms with E-state index in [-0.39, 0.29) is 18.2 Å². The predicted octanol–water partition coefficient (Wildman–Crippen LogP) is 3.65. The number of halogens is 1. The number of nitrogens with one attached hydrogen (secondary N) is 1. The van der Waals surface area contributed by atoms with Gasteiger partial charge < -0.3 is 5.32 Å². The van der Waals surface area contributed by atoms with Crippen LogP contribution in [0.4, 0.5) is 11.4 Å². The number of carbonyl (C=O) groups excluding carboxylic acids is 2. The third-order valence-electron chi connectivity index (χ3n) is 3.93. The van der Waals surface area contributed by atoms with Crippen LogP contribution in [-0.2, 0) is 16.0 Å². The van der Waals surface area contributed by atoms with Crippen molar-refractivity contribution >= 4 is 34.8 Å². The summed E-state index contributed by atoms with van der Waals surface area (Å²) >= 11 is 5.96. The third-order valence-corrected chi connectivity index (χ3v) is 4.16. The van der Waals surface area contributed by atoms with E-state index in [2.05, 4.69) is 5.32 Å². The summed E-state index contributed by atoms with van der Waals surface area (Å²) in [4.78, 5) is 26.3. The van der Waals surface area contributed by atoms with Gasteiger partial charge in [0.05, 0.1) is 12.1 Å². The molecule has 5 heteroatoms. The number of anilines is 2. The van der Waals surface area contributed by atoms with E-state index in [1.165, 1.54) is 4.90 Å². The highest BCUT2D eigenvalue weighted by atomic mass is 35.5. The molecule has 1 heterocycles. The topological polar surface area (TPSA) is 49.4 Å². The molecule has 0 spiro atoms. The first kappa shape index (κ1) is 15.6. The van der Waals surface area contributed by atoms with Crippen LogP contribution >= 0.6 is 11.6 Å². The van der Waals surface area contributed by atoms with Crippen molar-refractivity contribution in [3.8, 4) is 0 Å². The van der Waals surface area contributed by atoms with Crippen molar-refractivity contribution in [2.75, 3.05) is 10.2 Å². The molecular weight excluding hydrogens is 312 g/mol. The van der Waals surface area contributed by atoms with Crippen molar-refractivity contribution in [3.63, 3.8) is 0 Å². The average Bonchev–Trinajstić information content (AvgIpc) is 2.81. The van der Waals surface area contributed by atoms with E-state index in [0.29, 0.717) is 10.7 Å². The largest absolute Gasteiger partial charge is 0.373 e. The van der Waals surface area contributed by atoms with Crippen molar-refractivity contribution in [1.82, 2.24) is 0 Å². The zero-order valence-corrected chi connectivity index (χ0v) is 13.5. The third kappa shape index (κ3) is 3.08. The number of para-hydroxylation sites is 1. The predicted molar refractivity (Wildman–Crippen MR) is 91.8 cm³/mol. The molecule has 23 heavy (non-hydrogen) atoms. The van der Waals surface area contributed by atoms with Gasteiger partial charge in [-0.1, -0.05) is 42.8 Å². The summed E-state index contributed by atoms with van der Waals surface area (Å²) in [7, 11) is 0. The standard InChI is InChI=1S/C18H17ClN2O2/c1-2-12-6-3-4-9-16(12)21-17(22)11-15(18(21)23)20-14-8-5-7-13(19)10-14/h3-10,15,20H,2,11H2,1H3/t15-/m0/s1. The van der Waals surface area contributed by atoms with Crippen LogP contribution in [-0.4, -0.2) is 17.9 Å². The molecule has 1 atom stereocenters. The van der Waals surface area contributed by atoms with Crippen LogP contribution in [0.5, 0.6) is 0 Å². The molecule has 1 N–H and O–H groups in total. The summed E-state index contributed by atoms with van der Waals surface area (Å²) in [5.74, 6) is -0.411. The second-order valence-electron chi connectivity index (χ2n) is 5.46. The molecule has 0 radical (unpaired) electrons. The number of hydrogen-bond donors (Lipinski definition) is 1. The van der Waals surface area contributed by atoms with Gasteiger partial charge >= 0.3 is 0 Å². The fraction of sp³-hybridized carbons (Fsp3) is 0.222. The number of hydrogen-bond acceptors (Lipinski definition) is 3. The van der Waals surface area contributed by atoms with Crippen molar-refractivity contribution < 1.29 is 9.59 Å². The highest BCUT2D eigenvalue weighted by Crippen LogP contribution is 2.28. The van der Waals surface area contributed by atoms with Gasteiger partial charge in [0.15, 0.2) is 0 Å². The Morgan fingerprint density at radius 2 is 1.96 bits per heavy atom. The molecule has 1 aliphatic rings. The number of amides is 2. The van der Waals surface area contributed by atoms with Gasteiger partial charge in [-0.05, 0) is 36.2 Å². The minimum absolute atomic E-state index is 0.142. The van der Waals surface area contributed by atoms with E-state index in [4.69, 9.17) is 11.6 Å². The van der Waals surface area contributed by atoms with Gasteiger partial charge in [0.25, 0.3) is 5.91 Å². The first-order valence-electron chi connectivity index (χ1n) is 7.57. The minimum Gasteiger partial charge on any atom is -0.373 e. The summed E-state index contributed by atoms with van der Waals surface area (Å²) < 4.78 is 0. The maximum absolute atomic E-state index is 12.7. The van der Waals surface area contributed by atoms with Gasteiger partial charge in [-0.2, -0.15) is 0 Å². The summed E-state index contributed by atoms with van der Waals surface area (Å²) in [6, 6.07) is 14.1. The molecule has 3 rings (SSSR count). The van der Waals surface area contributed by atoms with E-state index < -0.39 is 6.04 Å². The highest BCUT2D eigenvalue weighted by molar-refractivity contribution is 6.30. The Kier molecular flexibility index (Phi) is 4.35. The Morgan fingerprint density at radius 1 is 1.17 bits per heavy atom. The van der Waals surface area contributed by atoms with Gasteiger partial charge in [0.1, 0.15) is 6.04 Å². The normalized spacial score (nSPS) is 17.7. The SMILES string of the molecule is CCc1ccccc1N1C(=O)C[C@H](Nc2cccc(Cl)c2)C1=O. The van der Waals surface area contributed by atoms with Crippen LogP contribution in [0, 0.1) is 0 Å². The Balaban J connectivity index is 1.85. The molecule has 0 aliphatic carbocycles. The van der Waals surface area contributed by atoms with Crippen molar-refractivity contribution in [2.24, 2.45) is 0 Å². The zero-order chi connectivity index (χ0) is 16.4. The van der Waals surface area contributed by atoms with Crippen LogP contribution in [0.1, 0.15) is 18.9 Å². The van der Waals surface area contributed by atoms with Gasteiger partial charge in [-0.15, -0.1) is 0 Å². The number of rotatable bonds is 4. The van der Waals surface area contributed by atoms with E-state index in [0.717, 1.165) is 17.7 Å². The molecule has 2 amide bonds. The summed E-state index contributed by atoms with van der Waals surface area (Å²) in [6.07, 6.45) is 0.906. The molecule has 1 fully saturated rings. The molecule has 1 saturated heterocycles. The summed E-state index contributed by atoms with van der Waals surface area (Å²) in [6.45, 7) is 2.01. The molecule has 0 bridgehead atoms. The zero-order valence-electron chi connectivity index (χ0n) is 12.8. The Bertz CT molecular complexity index is 760. The van der Waals surface area contributed by atoms with Crippen LogP contribution in [0.2, 0.25) is 5.02 Å². The summed E-state index contributed by atoms with van der Waals surface area (Å²) in [5.41, 5.74) is 2.40. The molecule has 0 saturated carbocycles. The maximum atomic E-state index is 12.7. The van der Waals surface area contributed by atoms with Crippen LogP contribution < -0.4 is 10.2 Å². The molecule has 2 aromatic rings. The van der Waals surface area contributed by atoms with E-state index in [1.54, 1.807) is 18.2 Å². The van der Waals surface area contributed by atoms with E-state index in [9.17, 15) is 9.59 Å². The van der Waals surface area contributed by atoms with Crippen molar-refractivity contribution in [2.45, 2.75) is 25.8 Å². The fourth-order valence-corrected chi connectivity index (χ4v) is 3.00. The second kappa shape index (κ2) is 6.42. The lowest BCUT2D eigenvalue weighted by Gasteiger charge is -2.19. The van der Waals surface area contributed by atoms with Crippen LogP contribution in [0.15, 0.2) is 48.5 Å². The first-order valence-corrected chi connectivity index (χ1v) is 7.94.